The Labute approximate surface area is 152 Å². The van der Waals surface area contributed by atoms with E-state index in [1.54, 1.807) is 31.4 Å². The molecule has 0 aromatic heterocycles. The Morgan fingerprint density at radius 3 is 2.50 bits per heavy atom. The average molecular weight is 349 g/mol. The molecule has 2 aromatic rings. The molecule has 0 radical (unpaired) electrons. The first-order valence-electron chi connectivity index (χ1n) is 7.93. The minimum absolute atomic E-state index is 0.0823. The lowest BCUT2D eigenvalue weighted by Crippen LogP contribution is -2.29. The van der Waals surface area contributed by atoms with Crippen LogP contribution in [0.4, 0.5) is 0 Å². The summed E-state index contributed by atoms with van der Waals surface area (Å²) in [6.07, 6.45) is 6.75. The lowest BCUT2D eigenvalue weighted by Gasteiger charge is -2.10. The summed E-state index contributed by atoms with van der Waals surface area (Å²) in [4.78, 5) is 24.2. The van der Waals surface area contributed by atoms with Crippen molar-refractivity contribution in [1.82, 2.24) is 5.32 Å². The summed E-state index contributed by atoms with van der Waals surface area (Å²) >= 11 is 0. The molecular weight excluding hydrogens is 330 g/mol. The van der Waals surface area contributed by atoms with E-state index in [1.165, 1.54) is 0 Å². The van der Waals surface area contributed by atoms with Crippen LogP contribution >= 0.6 is 0 Å². The standard InChI is InChI=1S/C21H19NO4/c1-3-13-22-20(23)15-26-21(24)18(16-9-5-4-6-10-16)14-17-11-7-8-12-19(17)25-2/h1,4-12,14H,13,15H2,2H3,(H,22,23)/b18-14+. The molecular formula is C21H19NO4. The molecule has 0 saturated heterocycles. The molecule has 0 saturated carbocycles. The SMILES string of the molecule is C#CCNC(=O)COC(=O)/C(=C/c1ccccc1OC)c1ccccc1. The van der Waals surface area contributed by atoms with Crippen LogP contribution in [0.15, 0.2) is 54.6 Å². The summed E-state index contributed by atoms with van der Waals surface area (Å²) in [5.41, 5.74) is 1.72. The highest BCUT2D eigenvalue weighted by molar-refractivity contribution is 6.22. The number of carbonyl (C=O) groups excluding carboxylic acids is 2. The van der Waals surface area contributed by atoms with E-state index in [-0.39, 0.29) is 6.54 Å². The number of hydrogen-bond donors (Lipinski definition) is 1. The Morgan fingerprint density at radius 1 is 1.12 bits per heavy atom. The van der Waals surface area contributed by atoms with Gasteiger partial charge in [0, 0.05) is 5.56 Å². The zero-order valence-electron chi connectivity index (χ0n) is 14.4. The van der Waals surface area contributed by atoms with Gasteiger partial charge in [0.25, 0.3) is 5.91 Å². The van der Waals surface area contributed by atoms with Crippen molar-refractivity contribution in [2.24, 2.45) is 0 Å². The molecule has 0 unspecified atom stereocenters. The van der Waals surface area contributed by atoms with Crippen LogP contribution in [0.1, 0.15) is 11.1 Å². The molecule has 5 nitrogen and oxygen atoms in total. The third-order valence-corrected chi connectivity index (χ3v) is 3.47. The third-order valence-electron chi connectivity index (χ3n) is 3.47. The fourth-order valence-electron chi connectivity index (χ4n) is 2.23. The smallest absolute Gasteiger partial charge is 0.339 e. The van der Waals surface area contributed by atoms with Crippen LogP contribution in [0.2, 0.25) is 0 Å². The number of benzene rings is 2. The van der Waals surface area contributed by atoms with Crippen LogP contribution in [0.3, 0.4) is 0 Å². The van der Waals surface area contributed by atoms with Gasteiger partial charge >= 0.3 is 5.97 Å². The van der Waals surface area contributed by atoms with E-state index in [2.05, 4.69) is 11.2 Å². The van der Waals surface area contributed by atoms with Crippen LogP contribution in [-0.2, 0) is 14.3 Å². The van der Waals surface area contributed by atoms with Gasteiger partial charge in [-0.3, -0.25) is 4.79 Å². The molecule has 0 aliphatic heterocycles. The summed E-state index contributed by atoms with van der Waals surface area (Å²) in [5.74, 6) is 1.84. The first kappa shape index (κ1) is 18.8. The first-order valence-corrected chi connectivity index (χ1v) is 7.93. The van der Waals surface area contributed by atoms with Crippen molar-refractivity contribution in [3.8, 4) is 18.1 Å². The van der Waals surface area contributed by atoms with Crippen LogP contribution < -0.4 is 10.1 Å². The van der Waals surface area contributed by atoms with Gasteiger partial charge in [0.15, 0.2) is 6.61 Å². The number of rotatable bonds is 7. The maximum atomic E-state index is 12.6. The fourth-order valence-corrected chi connectivity index (χ4v) is 2.23. The second-order valence-electron chi connectivity index (χ2n) is 5.22. The summed E-state index contributed by atoms with van der Waals surface area (Å²) in [6, 6.07) is 16.4. The molecule has 0 atom stereocenters. The highest BCUT2D eigenvalue weighted by atomic mass is 16.5. The topological polar surface area (TPSA) is 64.6 Å². The molecule has 2 rings (SSSR count). The summed E-state index contributed by atoms with van der Waals surface area (Å²) < 4.78 is 10.5. The van der Waals surface area contributed by atoms with Crippen molar-refractivity contribution < 1.29 is 19.1 Å². The lowest BCUT2D eigenvalue weighted by atomic mass is 10.0. The van der Waals surface area contributed by atoms with Gasteiger partial charge in [-0.25, -0.2) is 4.79 Å². The quantitative estimate of drug-likeness (QED) is 0.361. The largest absolute Gasteiger partial charge is 0.496 e. The van der Waals surface area contributed by atoms with Crippen LogP contribution in [0.25, 0.3) is 11.6 Å². The van der Waals surface area contributed by atoms with E-state index in [4.69, 9.17) is 15.9 Å². The van der Waals surface area contributed by atoms with Gasteiger partial charge < -0.3 is 14.8 Å². The van der Waals surface area contributed by atoms with Crippen LogP contribution in [-0.4, -0.2) is 32.1 Å². The number of nitrogens with one attached hydrogen (secondary N) is 1. The molecule has 1 amide bonds. The number of ether oxygens (including phenoxy) is 2. The fraction of sp³-hybridized carbons (Fsp3) is 0.143. The average Bonchev–Trinajstić information content (AvgIpc) is 2.69. The van der Waals surface area contributed by atoms with Gasteiger partial charge in [-0.15, -0.1) is 6.42 Å². The molecule has 0 bridgehead atoms. The Balaban J connectivity index is 2.28. The Hall–Kier alpha value is -3.52. The molecule has 0 heterocycles. The number of methoxy groups -OCH3 is 1. The molecule has 0 aliphatic rings. The Kier molecular flexibility index (Phi) is 7.02. The van der Waals surface area contributed by atoms with E-state index in [1.807, 2.05) is 36.4 Å². The van der Waals surface area contributed by atoms with Gasteiger partial charge in [0.2, 0.25) is 0 Å². The number of terminal acetylenes is 1. The third kappa shape index (κ3) is 5.25. The number of para-hydroxylation sites is 1. The van der Waals surface area contributed by atoms with Crippen molar-refractivity contribution >= 4 is 23.5 Å². The predicted octanol–water partition coefficient (Wildman–Crippen LogP) is 2.53. The molecule has 1 N–H and O–H groups in total. The highest BCUT2D eigenvalue weighted by Gasteiger charge is 2.16. The second kappa shape index (κ2) is 9.70. The van der Waals surface area contributed by atoms with Crippen LogP contribution in [0, 0.1) is 12.3 Å². The van der Waals surface area contributed by atoms with Crippen molar-refractivity contribution in [2.45, 2.75) is 0 Å². The van der Waals surface area contributed by atoms with Crippen LogP contribution in [0.5, 0.6) is 5.75 Å². The number of hydrogen-bond acceptors (Lipinski definition) is 4. The maximum Gasteiger partial charge on any atom is 0.339 e. The monoisotopic (exact) mass is 349 g/mol. The molecule has 0 fully saturated rings. The normalized spacial score (nSPS) is 10.5. The Bertz CT molecular complexity index is 835. The van der Waals surface area contributed by atoms with Crippen molar-refractivity contribution in [3.05, 3.63) is 65.7 Å². The van der Waals surface area contributed by atoms with Crippen molar-refractivity contribution in [3.63, 3.8) is 0 Å². The molecule has 0 aliphatic carbocycles. The van der Waals surface area contributed by atoms with Gasteiger partial charge in [0.1, 0.15) is 5.75 Å². The summed E-state index contributed by atoms with van der Waals surface area (Å²) in [6.45, 7) is -0.324. The minimum Gasteiger partial charge on any atom is -0.496 e. The van der Waals surface area contributed by atoms with E-state index in [0.29, 0.717) is 16.9 Å². The van der Waals surface area contributed by atoms with E-state index < -0.39 is 18.5 Å². The van der Waals surface area contributed by atoms with Gasteiger partial charge in [0.05, 0.1) is 19.2 Å². The van der Waals surface area contributed by atoms with E-state index in [9.17, 15) is 9.59 Å². The minimum atomic E-state index is -0.613. The predicted molar refractivity (Wildman–Crippen MR) is 100 cm³/mol. The molecule has 0 spiro atoms. The van der Waals surface area contributed by atoms with Gasteiger partial charge in [-0.1, -0.05) is 54.5 Å². The molecule has 5 heteroatoms. The maximum absolute atomic E-state index is 12.6. The zero-order chi connectivity index (χ0) is 18.8. The highest BCUT2D eigenvalue weighted by Crippen LogP contribution is 2.25. The number of esters is 1. The number of amides is 1. The van der Waals surface area contributed by atoms with E-state index >= 15 is 0 Å². The van der Waals surface area contributed by atoms with Gasteiger partial charge in [-0.2, -0.15) is 0 Å². The summed E-state index contributed by atoms with van der Waals surface area (Å²) in [5, 5.41) is 2.44. The lowest BCUT2D eigenvalue weighted by molar-refractivity contribution is -0.142. The van der Waals surface area contributed by atoms with Crippen molar-refractivity contribution in [2.75, 3.05) is 20.3 Å². The van der Waals surface area contributed by atoms with Gasteiger partial charge in [-0.05, 0) is 17.7 Å². The Morgan fingerprint density at radius 2 is 1.81 bits per heavy atom. The second-order valence-corrected chi connectivity index (χ2v) is 5.22. The van der Waals surface area contributed by atoms with E-state index in [0.717, 1.165) is 5.56 Å². The first-order chi connectivity index (χ1) is 12.7. The zero-order valence-corrected chi connectivity index (χ0v) is 14.4. The molecule has 132 valence electrons. The summed E-state index contributed by atoms with van der Waals surface area (Å²) in [7, 11) is 1.56. The molecule has 26 heavy (non-hydrogen) atoms. The number of carbonyl (C=O) groups is 2. The molecule has 2 aromatic carbocycles. The van der Waals surface area contributed by atoms with Crippen molar-refractivity contribution in [1.29, 1.82) is 0 Å².